The summed E-state index contributed by atoms with van der Waals surface area (Å²) in [5.41, 5.74) is 2.69. The van der Waals surface area contributed by atoms with Crippen molar-refractivity contribution in [3.63, 3.8) is 0 Å². The second kappa shape index (κ2) is 16.6. The summed E-state index contributed by atoms with van der Waals surface area (Å²) in [6.45, 7) is 1.88. The van der Waals surface area contributed by atoms with Crippen LogP contribution in [-0.4, -0.2) is 81.6 Å². The topological polar surface area (TPSA) is 122 Å². The van der Waals surface area contributed by atoms with Crippen molar-refractivity contribution in [3.05, 3.63) is 71.3 Å². The summed E-state index contributed by atoms with van der Waals surface area (Å²) in [6.07, 6.45) is 11.7. The number of carboxylic acid groups (broad SMARTS) is 1. The Bertz CT molecular complexity index is 1700. The number of aliphatic carboxylic acids is 1. The van der Waals surface area contributed by atoms with E-state index in [1.165, 1.54) is 16.1 Å². The van der Waals surface area contributed by atoms with Crippen LogP contribution in [0, 0.1) is 0 Å². The van der Waals surface area contributed by atoms with Gasteiger partial charge in [-0.25, -0.2) is 13.1 Å². The number of unbranched alkanes of at least 4 members (excludes halogenated alkanes) is 7. The number of sulfonamides is 1. The molecule has 0 spiro atoms. The number of thioether (sulfide) groups is 1. The highest BCUT2D eigenvalue weighted by atomic mass is 32.2. The number of nitrogens with zero attached hydrogens (tertiary/aromatic N) is 4. The van der Waals surface area contributed by atoms with Crippen LogP contribution < -0.4 is 0 Å². The van der Waals surface area contributed by atoms with E-state index in [1.807, 2.05) is 42.6 Å². The van der Waals surface area contributed by atoms with Gasteiger partial charge in [-0.1, -0.05) is 92.8 Å². The van der Waals surface area contributed by atoms with Gasteiger partial charge in [-0.15, -0.1) is 0 Å². The monoisotopic (exact) mass is 696 g/mol. The fourth-order valence-corrected chi connectivity index (χ4v) is 8.36. The Morgan fingerprint density at radius 1 is 0.957 bits per heavy atom. The average molecular weight is 697 g/mol. The summed E-state index contributed by atoms with van der Waals surface area (Å²) in [4.78, 5) is 26.5. The van der Waals surface area contributed by atoms with Crippen molar-refractivity contribution < 1.29 is 27.9 Å². The van der Waals surface area contributed by atoms with Gasteiger partial charge in [-0.05, 0) is 43.2 Å². The van der Waals surface area contributed by atoms with Crippen LogP contribution >= 0.6 is 24.0 Å². The van der Waals surface area contributed by atoms with Gasteiger partial charge in [-0.2, -0.15) is 9.40 Å². The first-order valence-corrected chi connectivity index (χ1v) is 18.7. The number of aromatic nitrogens is 2. The lowest BCUT2D eigenvalue weighted by molar-refractivity contribution is -0.137. The minimum Gasteiger partial charge on any atom is -0.481 e. The molecule has 0 saturated carbocycles. The van der Waals surface area contributed by atoms with E-state index < -0.39 is 16.0 Å². The van der Waals surface area contributed by atoms with Gasteiger partial charge < -0.3 is 9.84 Å². The molecule has 10 nitrogen and oxygen atoms in total. The first-order chi connectivity index (χ1) is 22.7. The third kappa shape index (κ3) is 9.17. The largest absolute Gasteiger partial charge is 0.481 e. The van der Waals surface area contributed by atoms with Crippen LogP contribution in [0.3, 0.4) is 0 Å². The van der Waals surface area contributed by atoms with Gasteiger partial charge in [0.1, 0.15) is 10.0 Å². The van der Waals surface area contributed by atoms with Crippen molar-refractivity contribution >= 4 is 56.3 Å². The second-order valence-corrected chi connectivity index (χ2v) is 15.2. The fraction of sp³-hybridized carbons (Fsp3) is 0.412. The number of morpholine rings is 1. The molecule has 1 amide bonds. The molecule has 3 aromatic rings. The third-order valence-corrected chi connectivity index (χ3v) is 11.4. The zero-order valence-electron chi connectivity index (χ0n) is 26.3. The summed E-state index contributed by atoms with van der Waals surface area (Å²) < 4.78 is 35.9. The van der Waals surface area contributed by atoms with E-state index in [2.05, 4.69) is 0 Å². The SMILES string of the molecule is O=C(O)CCCCCCCCCCN1C(=O)C(=Cc2cn(-c3ccccc3)nc2-c2cccc(S(=O)(=O)N3CCOCC3)c2)SC1=S. The average Bonchev–Trinajstić information content (AvgIpc) is 3.62. The molecule has 2 aliphatic heterocycles. The summed E-state index contributed by atoms with van der Waals surface area (Å²) in [5, 5.41) is 13.6. The Kier molecular flexibility index (Phi) is 12.4. The number of ether oxygens (including phenoxy) is 1. The molecule has 2 aliphatic rings. The molecule has 0 bridgehead atoms. The first kappa shape index (κ1) is 35.0. The Labute approximate surface area is 285 Å². The number of carbonyl (C=O) groups excluding carboxylic acids is 1. The Morgan fingerprint density at radius 2 is 1.64 bits per heavy atom. The van der Waals surface area contributed by atoms with Crippen LogP contribution in [0.2, 0.25) is 0 Å². The smallest absolute Gasteiger partial charge is 0.303 e. The number of benzene rings is 2. The standard InChI is InChI=1S/C34H40N4O6S3/c39-31(40)17-10-5-3-1-2-4-6-11-18-37-33(41)30(46-34(37)45)24-27-25-38(28-14-8-7-9-15-28)35-32(27)26-13-12-16-29(23-26)47(42,43)36-19-21-44-22-20-36/h7-9,12-16,23-25H,1-6,10-11,17-22H2,(H,39,40). The second-order valence-electron chi connectivity index (χ2n) is 11.6. The molecule has 5 rings (SSSR count). The van der Waals surface area contributed by atoms with Crippen molar-refractivity contribution in [2.75, 3.05) is 32.8 Å². The lowest BCUT2D eigenvalue weighted by Gasteiger charge is -2.26. The predicted octanol–water partition coefficient (Wildman–Crippen LogP) is 6.36. The molecule has 13 heteroatoms. The van der Waals surface area contributed by atoms with E-state index in [0.717, 1.165) is 57.1 Å². The molecule has 1 aromatic heterocycles. The van der Waals surface area contributed by atoms with Crippen molar-refractivity contribution in [1.82, 2.24) is 19.0 Å². The normalized spacial score (nSPS) is 16.8. The molecule has 2 fully saturated rings. The molecule has 3 heterocycles. The van der Waals surface area contributed by atoms with E-state index >= 15 is 0 Å². The van der Waals surface area contributed by atoms with E-state index in [9.17, 15) is 18.0 Å². The number of carbonyl (C=O) groups is 2. The summed E-state index contributed by atoms with van der Waals surface area (Å²) in [5.74, 6) is -0.874. The number of hydrogen-bond acceptors (Lipinski definition) is 8. The van der Waals surface area contributed by atoms with Gasteiger partial charge in [0.15, 0.2) is 0 Å². The van der Waals surface area contributed by atoms with Crippen LogP contribution in [0.25, 0.3) is 23.0 Å². The van der Waals surface area contributed by atoms with Gasteiger partial charge >= 0.3 is 5.97 Å². The third-order valence-electron chi connectivity index (χ3n) is 8.16. The number of hydrogen-bond donors (Lipinski definition) is 1. The molecule has 47 heavy (non-hydrogen) atoms. The van der Waals surface area contributed by atoms with E-state index in [1.54, 1.807) is 33.9 Å². The van der Waals surface area contributed by atoms with Crippen LogP contribution in [-0.2, 0) is 24.3 Å². The summed E-state index contributed by atoms with van der Waals surface area (Å²) in [6, 6.07) is 16.4. The van der Waals surface area contributed by atoms with Gasteiger partial charge in [0.2, 0.25) is 10.0 Å². The van der Waals surface area contributed by atoms with Crippen molar-refractivity contribution in [3.8, 4) is 16.9 Å². The Balaban J connectivity index is 1.29. The van der Waals surface area contributed by atoms with E-state index in [4.69, 9.17) is 27.2 Å². The van der Waals surface area contributed by atoms with Gasteiger partial charge in [0, 0.05) is 43.4 Å². The van der Waals surface area contributed by atoms with Gasteiger partial charge in [0.05, 0.1) is 28.7 Å². The molecular formula is C34H40N4O6S3. The molecular weight excluding hydrogens is 657 g/mol. The maximum atomic E-state index is 13.5. The van der Waals surface area contributed by atoms with Crippen LogP contribution in [0.1, 0.15) is 63.4 Å². The number of amides is 1. The minimum absolute atomic E-state index is 0.138. The highest BCUT2D eigenvalue weighted by molar-refractivity contribution is 8.26. The zero-order chi connectivity index (χ0) is 33.2. The number of thiocarbonyl (C=S) groups is 1. The number of carboxylic acids is 1. The molecule has 2 aromatic carbocycles. The quantitative estimate of drug-likeness (QED) is 0.104. The lowest BCUT2D eigenvalue weighted by atomic mass is 10.1. The minimum atomic E-state index is -3.72. The maximum Gasteiger partial charge on any atom is 0.303 e. The Morgan fingerprint density at radius 3 is 2.34 bits per heavy atom. The van der Waals surface area contributed by atoms with E-state index in [0.29, 0.717) is 58.9 Å². The zero-order valence-corrected chi connectivity index (χ0v) is 28.7. The fourth-order valence-electron chi connectivity index (χ4n) is 5.61. The van der Waals surface area contributed by atoms with Crippen molar-refractivity contribution in [2.24, 2.45) is 0 Å². The van der Waals surface area contributed by atoms with Gasteiger partial charge in [0.25, 0.3) is 5.91 Å². The van der Waals surface area contributed by atoms with Crippen molar-refractivity contribution in [2.45, 2.75) is 62.7 Å². The van der Waals surface area contributed by atoms with Crippen LogP contribution in [0.15, 0.2) is 70.6 Å². The number of para-hydroxylation sites is 1. The lowest BCUT2D eigenvalue weighted by Crippen LogP contribution is -2.40. The highest BCUT2D eigenvalue weighted by Crippen LogP contribution is 2.35. The van der Waals surface area contributed by atoms with Crippen LogP contribution in [0.5, 0.6) is 0 Å². The van der Waals surface area contributed by atoms with E-state index in [-0.39, 0.29) is 17.2 Å². The number of rotatable bonds is 16. The van der Waals surface area contributed by atoms with Crippen LogP contribution in [0.4, 0.5) is 0 Å². The summed E-state index contributed by atoms with van der Waals surface area (Å²) >= 11 is 6.87. The first-order valence-electron chi connectivity index (χ1n) is 16.0. The molecule has 0 aliphatic carbocycles. The van der Waals surface area contributed by atoms with Gasteiger partial charge in [-0.3, -0.25) is 14.5 Å². The van der Waals surface area contributed by atoms with Crippen molar-refractivity contribution in [1.29, 1.82) is 0 Å². The molecule has 0 unspecified atom stereocenters. The molecule has 0 atom stereocenters. The molecule has 250 valence electrons. The Hall–Kier alpha value is -3.36. The predicted molar refractivity (Wildman–Crippen MR) is 188 cm³/mol. The molecule has 0 radical (unpaired) electrons. The molecule has 2 saturated heterocycles. The maximum absolute atomic E-state index is 13.5. The molecule has 1 N–H and O–H groups in total. The summed E-state index contributed by atoms with van der Waals surface area (Å²) in [7, 11) is -3.72. The highest BCUT2D eigenvalue weighted by Gasteiger charge is 2.32.